The van der Waals surface area contributed by atoms with Gasteiger partial charge < -0.3 is 4.90 Å². The van der Waals surface area contributed by atoms with Crippen LogP contribution in [-0.2, 0) is 7.05 Å². The number of hydrogen-bond acceptors (Lipinski definition) is 8. The van der Waals surface area contributed by atoms with E-state index in [9.17, 15) is 14.4 Å². The van der Waals surface area contributed by atoms with Crippen LogP contribution in [-0.4, -0.2) is 49.6 Å². The Labute approximate surface area is 224 Å². The summed E-state index contributed by atoms with van der Waals surface area (Å²) in [6, 6.07) is 12.1. The Morgan fingerprint density at radius 1 is 1.05 bits per heavy atom. The molecule has 1 aliphatic heterocycles. The highest BCUT2D eigenvalue weighted by Gasteiger charge is 2.38. The van der Waals surface area contributed by atoms with Crippen LogP contribution in [0.25, 0.3) is 11.0 Å². The Kier molecular flexibility index (Phi) is 6.20. The van der Waals surface area contributed by atoms with Crippen molar-refractivity contribution < 1.29 is 4.39 Å². The Balaban J connectivity index is 1.38. The molecule has 3 atom stereocenters. The predicted molar refractivity (Wildman–Crippen MR) is 145 cm³/mol. The number of anilines is 1. The summed E-state index contributed by atoms with van der Waals surface area (Å²) >= 11 is 1.67. The molecular formula is C28H28FN7OS. The number of thiazole rings is 1. The molecule has 2 aliphatic rings. The number of piperazine rings is 1. The molecule has 1 saturated heterocycles. The fourth-order valence-electron chi connectivity index (χ4n) is 5.39. The normalized spacial score (nSPS) is 21.0. The van der Waals surface area contributed by atoms with Crippen molar-refractivity contribution in [3.63, 3.8) is 0 Å². The molecular weight excluding hydrogens is 501 g/mol. The van der Waals surface area contributed by atoms with Gasteiger partial charge in [-0.05, 0) is 56.5 Å². The summed E-state index contributed by atoms with van der Waals surface area (Å²) in [5, 5.41) is 12.6. The van der Waals surface area contributed by atoms with Gasteiger partial charge in [0, 0.05) is 43.5 Å². The summed E-state index contributed by atoms with van der Waals surface area (Å²) in [5.74, 6) is 0.806. The topological polar surface area (TPSA) is 90.9 Å². The molecule has 1 aromatic carbocycles. The standard InChI is InChI=1S/C28H28FN7OS/c1-16-14-36(26-24-23(34(3)28(37)33-26)11-10-21(12-30)31-24)17(2)13-35(16)25(19-6-8-20(29)9-7-19)27-32-22(15-38-27)18-4-5-18/h6-11,15-18,25H,4-5,13-14H2,1-3H3/t16?,17-,25?/m0/s1. The minimum absolute atomic E-state index is 0.00707. The SMILES string of the molecule is CC1CN(c2nc(=O)n(C)c3ccc(C#N)nc23)[C@@H](C)CN1C(c1ccc(F)cc1)c1nc(C2CC2)cs1. The fourth-order valence-corrected chi connectivity index (χ4v) is 6.44. The number of aromatic nitrogens is 4. The molecule has 0 amide bonds. The summed E-state index contributed by atoms with van der Waals surface area (Å²) in [4.78, 5) is 31.3. The molecule has 3 aromatic heterocycles. The van der Waals surface area contributed by atoms with Crippen molar-refractivity contribution in [3.8, 4) is 6.07 Å². The van der Waals surface area contributed by atoms with Gasteiger partial charge in [-0.15, -0.1) is 11.3 Å². The molecule has 4 aromatic rings. The van der Waals surface area contributed by atoms with E-state index in [1.807, 2.05) is 12.1 Å². The van der Waals surface area contributed by atoms with Gasteiger partial charge in [-0.2, -0.15) is 10.2 Å². The Bertz CT molecular complexity index is 1600. The van der Waals surface area contributed by atoms with Crippen molar-refractivity contribution in [2.24, 2.45) is 7.05 Å². The van der Waals surface area contributed by atoms with Crippen LogP contribution in [0.3, 0.4) is 0 Å². The van der Waals surface area contributed by atoms with E-state index in [0.29, 0.717) is 35.9 Å². The maximum Gasteiger partial charge on any atom is 0.349 e. The van der Waals surface area contributed by atoms with Gasteiger partial charge in [-0.25, -0.2) is 19.2 Å². The second-order valence-corrected chi connectivity index (χ2v) is 11.2. The van der Waals surface area contributed by atoms with Gasteiger partial charge in [-0.3, -0.25) is 9.47 Å². The summed E-state index contributed by atoms with van der Waals surface area (Å²) in [5.41, 5.74) is 3.27. The average molecular weight is 530 g/mol. The maximum atomic E-state index is 13.8. The summed E-state index contributed by atoms with van der Waals surface area (Å²) in [6.45, 7) is 5.55. The van der Waals surface area contributed by atoms with Gasteiger partial charge in [0.2, 0.25) is 0 Å². The van der Waals surface area contributed by atoms with E-state index in [0.717, 1.165) is 16.3 Å². The van der Waals surface area contributed by atoms with Crippen LogP contribution in [0.2, 0.25) is 0 Å². The highest BCUT2D eigenvalue weighted by atomic mass is 32.1. The van der Waals surface area contributed by atoms with E-state index >= 15 is 0 Å². The summed E-state index contributed by atoms with van der Waals surface area (Å²) in [6.07, 6.45) is 2.38. The molecule has 194 valence electrons. The van der Waals surface area contributed by atoms with Crippen molar-refractivity contribution >= 4 is 28.2 Å². The monoisotopic (exact) mass is 529 g/mol. The van der Waals surface area contributed by atoms with Gasteiger partial charge >= 0.3 is 5.69 Å². The van der Waals surface area contributed by atoms with Crippen LogP contribution in [0.4, 0.5) is 10.2 Å². The lowest BCUT2D eigenvalue weighted by Gasteiger charge is -2.47. The molecule has 10 heteroatoms. The first-order valence-corrected chi connectivity index (χ1v) is 13.7. The molecule has 2 unspecified atom stereocenters. The van der Waals surface area contributed by atoms with Crippen molar-refractivity contribution in [1.29, 1.82) is 5.26 Å². The third kappa shape index (κ3) is 4.36. The Morgan fingerprint density at radius 2 is 1.82 bits per heavy atom. The van der Waals surface area contributed by atoms with Crippen molar-refractivity contribution in [1.82, 2.24) is 24.4 Å². The van der Waals surface area contributed by atoms with Gasteiger partial charge in [0.25, 0.3) is 0 Å². The number of rotatable bonds is 5. The van der Waals surface area contributed by atoms with E-state index in [-0.39, 0.29) is 35.3 Å². The van der Waals surface area contributed by atoms with Crippen molar-refractivity contribution in [3.05, 3.63) is 80.0 Å². The lowest BCUT2D eigenvalue weighted by molar-refractivity contribution is 0.129. The molecule has 0 spiro atoms. The van der Waals surface area contributed by atoms with Crippen LogP contribution >= 0.6 is 11.3 Å². The van der Waals surface area contributed by atoms with E-state index in [1.165, 1.54) is 29.5 Å². The summed E-state index contributed by atoms with van der Waals surface area (Å²) < 4.78 is 15.3. The summed E-state index contributed by atoms with van der Waals surface area (Å²) in [7, 11) is 1.66. The number of halogens is 1. The third-order valence-corrected chi connectivity index (χ3v) is 8.56. The minimum Gasteiger partial charge on any atom is -0.349 e. The average Bonchev–Trinajstić information content (AvgIpc) is 3.66. The van der Waals surface area contributed by atoms with Crippen LogP contribution in [0, 0.1) is 17.1 Å². The predicted octanol–water partition coefficient (Wildman–Crippen LogP) is 4.36. The molecule has 2 fully saturated rings. The number of hydrogen-bond donors (Lipinski definition) is 0. The zero-order valence-electron chi connectivity index (χ0n) is 21.5. The number of pyridine rings is 1. The molecule has 6 rings (SSSR count). The van der Waals surface area contributed by atoms with E-state index in [1.54, 1.807) is 30.5 Å². The van der Waals surface area contributed by atoms with Gasteiger partial charge in [0.05, 0.1) is 17.3 Å². The first kappa shape index (κ1) is 24.6. The number of nitrogens with zero attached hydrogens (tertiary/aromatic N) is 7. The Hall–Kier alpha value is -3.68. The molecule has 1 saturated carbocycles. The largest absolute Gasteiger partial charge is 0.349 e. The highest BCUT2D eigenvalue weighted by molar-refractivity contribution is 7.09. The van der Waals surface area contributed by atoms with Gasteiger partial charge in [-0.1, -0.05) is 12.1 Å². The van der Waals surface area contributed by atoms with E-state index in [2.05, 4.69) is 45.1 Å². The lowest BCUT2D eigenvalue weighted by atomic mass is 9.99. The molecule has 4 heterocycles. The fraction of sp³-hybridized carbons (Fsp3) is 0.393. The molecule has 8 nitrogen and oxygen atoms in total. The highest BCUT2D eigenvalue weighted by Crippen LogP contribution is 2.43. The van der Waals surface area contributed by atoms with Crippen LogP contribution in [0.5, 0.6) is 0 Å². The third-order valence-electron chi connectivity index (χ3n) is 7.64. The first-order valence-electron chi connectivity index (χ1n) is 12.8. The minimum atomic E-state index is -0.360. The van der Waals surface area contributed by atoms with Crippen molar-refractivity contribution in [2.75, 3.05) is 18.0 Å². The number of nitriles is 1. The number of fused-ring (bicyclic) bond motifs is 1. The first-order chi connectivity index (χ1) is 18.3. The van der Waals surface area contributed by atoms with Gasteiger partial charge in [0.1, 0.15) is 28.1 Å². The number of benzene rings is 1. The van der Waals surface area contributed by atoms with E-state index < -0.39 is 0 Å². The lowest BCUT2D eigenvalue weighted by Crippen LogP contribution is -2.58. The van der Waals surface area contributed by atoms with Crippen LogP contribution in [0.1, 0.15) is 60.6 Å². The number of aryl methyl sites for hydroxylation is 1. The van der Waals surface area contributed by atoms with E-state index in [4.69, 9.17) is 4.98 Å². The zero-order valence-corrected chi connectivity index (χ0v) is 22.3. The second-order valence-electron chi connectivity index (χ2n) is 10.3. The van der Waals surface area contributed by atoms with Crippen molar-refractivity contribution in [2.45, 2.75) is 50.7 Å². The molecule has 0 N–H and O–H groups in total. The second kappa shape index (κ2) is 9.57. The Morgan fingerprint density at radius 3 is 2.53 bits per heavy atom. The zero-order chi connectivity index (χ0) is 26.6. The maximum absolute atomic E-state index is 13.8. The van der Waals surface area contributed by atoms with Crippen LogP contribution in [0.15, 0.2) is 46.6 Å². The molecule has 38 heavy (non-hydrogen) atoms. The molecule has 0 radical (unpaired) electrons. The molecule has 0 bridgehead atoms. The molecule has 1 aliphatic carbocycles. The quantitative estimate of drug-likeness (QED) is 0.379. The van der Waals surface area contributed by atoms with Crippen LogP contribution < -0.4 is 10.6 Å². The van der Waals surface area contributed by atoms with Gasteiger partial charge in [0.15, 0.2) is 5.82 Å². The smallest absolute Gasteiger partial charge is 0.349 e.